The predicted molar refractivity (Wildman–Crippen MR) is 133 cm³/mol. The minimum atomic E-state index is -4.34. The van der Waals surface area contributed by atoms with Gasteiger partial charge in [0.25, 0.3) is 20.2 Å². The zero-order chi connectivity index (χ0) is 26.8. The standard InChI is InChI=1S/C21H26ClFN4O7S2/c1-13(2)11-26(3)36(32,33)24-10-15-12-27(35(30,31)16-5-6-18(23)17(22)9-16)19-8-14(25-21(28)29)4-7-20(19)34-15/h4-9,13,15,24-25H,10-12H2,1-3H3,(H,28,29). The van der Waals surface area contributed by atoms with Crippen molar-refractivity contribution in [1.82, 2.24) is 9.03 Å². The van der Waals surface area contributed by atoms with Gasteiger partial charge in [0.15, 0.2) is 0 Å². The summed E-state index contributed by atoms with van der Waals surface area (Å²) < 4.78 is 76.2. The Morgan fingerprint density at radius 2 is 1.94 bits per heavy atom. The molecule has 11 nitrogen and oxygen atoms in total. The van der Waals surface area contributed by atoms with Gasteiger partial charge in [0.05, 0.1) is 28.7 Å². The second kappa shape index (κ2) is 10.8. The lowest BCUT2D eigenvalue weighted by molar-refractivity contribution is 0.202. The summed E-state index contributed by atoms with van der Waals surface area (Å²) in [5, 5.41) is 10.8. The predicted octanol–water partition coefficient (Wildman–Crippen LogP) is 2.95. The highest BCUT2D eigenvalue weighted by Crippen LogP contribution is 2.39. The van der Waals surface area contributed by atoms with E-state index in [0.29, 0.717) is 0 Å². The van der Waals surface area contributed by atoms with Gasteiger partial charge in [0.1, 0.15) is 17.7 Å². The molecule has 198 valence electrons. The van der Waals surface area contributed by atoms with Gasteiger partial charge in [0.2, 0.25) is 0 Å². The molecule has 3 N–H and O–H groups in total. The second-order valence-corrected chi connectivity index (χ2v) is 12.6. The van der Waals surface area contributed by atoms with Crippen molar-refractivity contribution in [3.8, 4) is 5.75 Å². The Kier molecular flexibility index (Phi) is 8.35. The summed E-state index contributed by atoms with van der Waals surface area (Å²) in [5.41, 5.74) is 0.0920. The van der Waals surface area contributed by atoms with Gasteiger partial charge in [-0.2, -0.15) is 17.4 Å². The summed E-state index contributed by atoms with van der Waals surface area (Å²) in [6.07, 6.45) is -2.30. The zero-order valence-corrected chi connectivity index (χ0v) is 22.0. The fraction of sp³-hybridized carbons (Fsp3) is 0.381. The van der Waals surface area contributed by atoms with E-state index in [1.54, 1.807) is 0 Å². The third-order valence-corrected chi connectivity index (χ3v) is 8.71. The van der Waals surface area contributed by atoms with Crippen LogP contribution in [0.2, 0.25) is 5.02 Å². The third kappa shape index (κ3) is 6.37. The van der Waals surface area contributed by atoms with E-state index in [1.807, 2.05) is 13.8 Å². The lowest BCUT2D eigenvalue weighted by Gasteiger charge is -2.36. The summed E-state index contributed by atoms with van der Waals surface area (Å²) in [6, 6.07) is 6.92. The minimum Gasteiger partial charge on any atom is -0.485 e. The molecule has 1 aliphatic heterocycles. The number of rotatable bonds is 9. The maximum absolute atomic E-state index is 13.7. The van der Waals surface area contributed by atoms with Crippen molar-refractivity contribution in [1.29, 1.82) is 0 Å². The molecule has 3 rings (SSSR count). The number of carboxylic acid groups (broad SMARTS) is 1. The van der Waals surface area contributed by atoms with Crippen LogP contribution in [-0.4, -0.2) is 65.1 Å². The highest BCUT2D eigenvalue weighted by atomic mass is 35.5. The van der Waals surface area contributed by atoms with E-state index >= 15 is 0 Å². The molecule has 2 aromatic carbocycles. The molecule has 1 atom stereocenters. The summed E-state index contributed by atoms with van der Waals surface area (Å²) >= 11 is 5.80. The van der Waals surface area contributed by atoms with Crippen LogP contribution in [0.4, 0.5) is 20.6 Å². The SMILES string of the molecule is CC(C)CN(C)S(=O)(=O)NCC1CN(S(=O)(=O)c2ccc(F)c(Cl)c2)c2cc(NC(=O)O)ccc2O1. The van der Waals surface area contributed by atoms with E-state index < -0.39 is 43.3 Å². The van der Waals surface area contributed by atoms with E-state index in [9.17, 15) is 26.0 Å². The summed E-state index contributed by atoms with van der Waals surface area (Å²) in [5.74, 6) is -0.640. The maximum Gasteiger partial charge on any atom is 0.409 e. The van der Waals surface area contributed by atoms with E-state index in [2.05, 4.69) is 10.0 Å². The van der Waals surface area contributed by atoms with Crippen molar-refractivity contribution < 1.29 is 35.9 Å². The zero-order valence-electron chi connectivity index (χ0n) is 19.6. The molecule has 0 bridgehead atoms. The van der Waals surface area contributed by atoms with E-state index in [4.69, 9.17) is 21.4 Å². The average molecular weight is 565 g/mol. The number of benzene rings is 2. The smallest absolute Gasteiger partial charge is 0.409 e. The van der Waals surface area contributed by atoms with Crippen LogP contribution >= 0.6 is 11.6 Å². The van der Waals surface area contributed by atoms with Crippen molar-refractivity contribution >= 4 is 49.3 Å². The normalized spacial score (nSPS) is 16.1. The summed E-state index contributed by atoms with van der Waals surface area (Å²) in [7, 11) is -6.78. The molecule has 1 amide bonds. The largest absolute Gasteiger partial charge is 0.485 e. The fourth-order valence-corrected chi connectivity index (χ4v) is 6.41. The molecule has 0 saturated carbocycles. The Labute approximate surface area is 214 Å². The van der Waals surface area contributed by atoms with Crippen molar-refractivity contribution in [3.05, 3.63) is 47.2 Å². The Hall–Kier alpha value is -2.65. The first-order chi connectivity index (χ1) is 16.7. The molecular weight excluding hydrogens is 539 g/mol. The number of amides is 1. The molecule has 0 saturated heterocycles. The first-order valence-corrected chi connectivity index (χ1v) is 14.0. The van der Waals surface area contributed by atoms with Crippen LogP contribution in [-0.2, 0) is 20.2 Å². The first kappa shape index (κ1) is 27.9. The molecule has 1 unspecified atom stereocenters. The number of hydrogen-bond donors (Lipinski definition) is 3. The highest BCUT2D eigenvalue weighted by Gasteiger charge is 2.36. The van der Waals surface area contributed by atoms with Gasteiger partial charge in [-0.05, 0) is 42.3 Å². The molecule has 0 fully saturated rings. The lowest BCUT2D eigenvalue weighted by Crippen LogP contribution is -2.50. The van der Waals surface area contributed by atoms with Gasteiger partial charge >= 0.3 is 6.09 Å². The van der Waals surface area contributed by atoms with Gasteiger partial charge in [-0.25, -0.2) is 17.6 Å². The molecule has 15 heteroatoms. The van der Waals surface area contributed by atoms with Crippen LogP contribution in [0.15, 0.2) is 41.3 Å². The van der Waals surface area contributed by atoms with Crippen LogP contribution in [0.5, 0.6) is 5.75 Å². The molecule has 2 aromatic rings. The van der Waals surface area contributed by atoms with Crippen LogP contribution in [0, 0.1) is 11.7 Å². The number of sulfonamides is 1. The van der Waals surface area contributed by atoms with Crippen LogP contribution in [0.1, 0.15) is 13.8 Å². The Morgan fingerprint density at radius 1 is 1.25 bits per heavy atom. The van der Waals surface area contributed by atoms with Gasteiger partial charge in [-0.3, -0.25) is 9.62 Å². The van der Waals surface area contributed by atoms with Crippen molar-refractivity contribution in [2.75, 3.05) is 36.3 Å². The lowest BCUT2D eigenvalue weighted by atomic mass is 10.2. The second-order valence-electron chi connectivity index (χ2n) is 8.49. The van der Waals surface area contributed by atoms with Crippen LogP contribution < -0.4 is 19.1 Å². The van der Waals surface area contributed by atoms with Crippen molar-refractivity contribution in [3.63, 3.8) is 0 Å². The maximum atomic E-state index is 13.7. The third-order valence-electron chi connectivity index (χ3n) is 5.15. The van der Waals surface area contributed by atoms with Crippen molar-refractivity contribution in [2.24, 2.45) is 5.92 Å². The summed E-state index contributed by atoms with van der Waals surface area (Å²) in [6.45, 7) is 3.43. The number of ether oxygens (including phenoxy) is 1. The topological polar surface area (TPSA) is 145 Å². The number of nitrogens with zero attached hydrogens (tertiary/aromatic N) is 2. The molecule has 0 spiro atoms. The monoisotopic (exact) mass is 564 g/mol. The van der Waals surface area contributed by atoms with E-state index in [0.717, 1.165) is 26.8 Å². The van der Waals surface area contributed by atoms with Gasteiger partial charge in [-0.15, -0.1) is 0 Å². The van der Waals surface area contributed by atoms with Gasteiger partial charge in [0, 0.05) is 19.3 Å². The number of hydrogen-bond acceptors (Lipinski definition) is 6. The Morgan fingerprint density at radius 3 is 2.56 bits per heavy atom. The van der Waals surface area contributed by atoms with Crippen molar-refractivity contribution in [2.45, 2.75) is 24.8 Å². The average Bonchev–Trinajstić information content (AvgIpc) is 2.78. The van der Waals surface area contributed by atoms with E-state index in [-0.39, 0.29) is 47.6 Å². The number of nitrogens with one attached hydrogen (secondary N) is 2. The minimum absolute atomic E-state index is 0.0118. The van der Waals surface area contributed by atoms with Crippen LogP contribution in [0.3, 0.4) is 0 Å². The molecular formula is C21H26ClFN4O7S2. The first-order valence-electron chi connectivity index (χ1n) is 10.7. The van der Waals surface area contributed by atoms with Gasteiger partial charge in [-0.1, -0.05) is 25.4 Å². The number of carbonyl (C=O) groups is 1. The molecule has 0 aromatic heterocycles. The van der Waals surface area contributed by atoms with Gasteiger partial charge < -0.3 is 9.84 Å². The quantitative estimate of drug-likeness (QED) is 0.424. The number of fused-ring (bicyclic) bond motifs is 1. The van der Waals surface area contributed by atoms with E-state index in [1.165, 1.54) is 25.2 Å². The fourth-order valence-electron chi connectivity index (χ4n) is 3.53. The molecule has 1 heterocycles. The number of halogens is 2. The molecule has 36 heavy (non-hydrogen) atoms. The molecule has 0 aliphatic carbocycles. The highest BCUT2D eigenvalue weighted by molar-refractivity contribution is 7.92. The molecule has 0 radical (unpaired) electrons. The van der Waals surface area contributed by atoms with Crippen LogP contribution in [0.25, 0.3) is 0 Å². The Bertz CT molecular complexity index is 1360. The Balaban J connectivity index is 1.96. The number of anilines is 2. The summed E-state index contributed by atoms with van der Waals surface area (Å²) in [4.78, 5) is 10.8. The molecule has 1 aliphatic rings.